The van der Waals surface area contributed by atoms with Gasteiger partial charge in [0.25, 0.3) is 0 Å². The predicted molar refractivity (Wildman–Crippen MR) is 100 cm³/mol. The lowest BCUT2D eigenvalue weighted by atomic mass is 9.96. The van der Waals surface area contributed by atoms with Gasteiger partial charge < -0.3 is 10.7 Å². The van der Waals surface area contributed by atoms with Crippen LogP contribution in [0.4, 0.5) is 0 Å². The second-order valence-corrected chi connectivity index (χ2v) is 5.48. The molecule has 2 aromatic carbocycles. The highest BCUT2D eigenvalue weighted by Crippen LogP contribution is 2.23. The first-order chi connectivity index (χ1) is 11.1. The third kappa shape index (κ3) is 5.80. The van der Waals surface area contributed by atoms with Gasteiger partial charge in [-0.05, 0) is 17.0 Å². The number of hydrogen-bond acceptors (Lipinski definition) is 3. The van der Waals surface area contributed by atoms with Crippen molar-refractivity contribution >= 4 is 5.70 Å². The zero-order chi connectivity index (χ0) is 17.2. The molecule has 0 radical (unpaired) electrons. The van der Waals surface area contributed by atoms with E-state index in [0.29, 0.717) is 18.2 Å². The molecule has 0 atom stereocenters. The first kappa shape index (κ1) is 18.8. The highest BCUT2D eigenvalue weighted by molar-refractivity contribution is 5.65. The van der Waals surface area contributed by atoms with Gasteiger partial charge in [-0.25, -0.2) is 5.84 Å². The molecule has 0 spiro atoms. The SMILES string of the molecule is CC.CC(C)c1ccccc1/C(N)=C/N(N)Cc1ccccc1. The Balaban J connectivity index is 0.00000127. The van der Waals surface area contributed by atoms with Gasteiger partial charge in [-0.2, -0.15) is 0 Å². The Hall–Kier alpha value is -2.26. The summed E-state index contributed by atoms with van der Waals surface area (Å²) in [5.74, 6) is 6.47. The Bertz CT molecular complexity index is 603. The first-order valence-electron chi connectivity index (χ1n) is 8.19. The standard InChI is InChI=1S/C18H23N3.C2H6/c1-14(2)16-10-6-7-11-17(16)18(19)13-21(20)12-15-8-4-3-5-9-15;1-2/h3-11,13-14H,12,19-20H2,1-2H3;1-2H3/b18-13-;. The molecule has 0 fully saturated rings. The monoisotopic (exact) mass is 311 g/mol. The third-order valence-electron chi connectivity index (χ3n) is 3.41. The van der Waals surface area contributed by atoms with Crippen molar-refractivity contribution < 1.29 is 0 Å². The number of benzene rings is 2. The van der Waals surface area contributed by atoms with Crippen LogP contribution in [0.2, 0.25) is 0 Å². The van der Waals surface area contributed by atoms with Crippen LogP contribution in [0.3, 0.4) is 0 Å². The lowest BCUT2D eigenvalue weighted by molar-refractivity contribution is 0.388. The Morgan fingerprint density at radius 2 is 1.57 bits per heavy atom. The number of hydrogen-bond donors (Lipinski definition) is 2. The lowest BCUT2D eigenvalue weighted by Gasteiger charge is -2.17. The fraction of sp³-hybridized carbons (Fsp3) is 0.300. The van der Waals surface area contributed by atoms with E-state index in [2.05, 4.69) is 19.9 Å². The minimum absolute atomic E-state index is 0.425. The van der Waals surface area contributed by atoms with E-state index in [1.165, 1.54) is 5.56 Å². The molecule has 0 saturated heterocycles. The van der Waals surface area contributed by atoms with Gasteiger partial charge in [-0.3, -0.25) is 0 Å². The maximum absolute atomic E-state index is 6.23. The molecule has 0 saturated carbocycles. The zero-order valence-corrected chi connectivity index (χ0v) is 14.7. The predicted octanol–water partition coefficient (Wildman–Crippen LogP) is 4.47. The topological polar surface area (TPSA) is 55.3 Å². The van der Waals surface area contributed by atoms with Crippen LogP contribution < -0.4 is 11.6 Å². The van der Waals surface area contributed by atoms with Gasteiger partial charge in [0.05, 0.1) is 12.2 Å². The van der Waals surface area contributed by atoms with E-state index < -0.39 is 0 Å². The second-order valence-electron chi connectivity index (χ2n) is 5.48. The molecule has 0 aliphatic rings. The van der Waals surface area contributed by atoms with Gasteiger partial charge in [0.1, 0.15) is 0 Å². The van der Waals surface area contributed by atoms with E-state index in [0.717, 1.165) is 11.1 Å². The van der Waals surface area contributed by atoms with Crippen molar-refractivity contribution in [3.05, 3.63) is 77.5 Å². The van der Waals surface area contributed by atoms with Crippen molar-refractivity contribution in [2.75, 3.05) is 0 Å². The van der Waals surface area contributed by atoms with Crippen LogP contribution >= 0.6 is 0 Å². The average molecular weight is 311 g/mol. The van der Waals surface area contributed by atoms with Gasteiger partial charge in [0.2, 0.25) is 0 Å². The summed E-state index contributed by atoms with van der Waals surface area (Å²) in [4.78, 5) is 0. The van der Waals surface area contributed by atoms with Crippen LogP contribution in [0.5, 0.6) is 0 Å². The molecule has 2 aromatic rings. The Morgan fingerprint density at radius 3 is 2.17 bits per heavy atom. The molecule has 0 unspecified atom stereocenters. The van der Waals surface area contributed by atoms with Crippen LogP contribution in [0.15, 0.2) is 60.8 Å². The molecule has 124 valence electrons. The molecule has 0 aliphatic heterocycles. The van der Waals surface area contributed by atoms with Crippen molar-refractivity contribution in [1.82, 2.24) is 5.01 Å². The Kier molecular flexibility index (Phi) is 7.92. The summed E-state index contributed by atoms with van der Waals surface area (Å²) >= 11 is 0. The van der Waals surface area contributed by atoms with Crippen LogP contribution in [0, 0.1) is 0 Å². The van der Waals surface area contributed by atoms with Gasteiger partial charge in [-0.15, -0.1) is 0 Å². The molecule has 23 heavy (non-hydrogen) atoms. The van der Waals surface area contributed by atoms with Crippen molar-refractivity contribution in [3.8, 4) is 0 Å². The second kappa shape index (κ2) is 9.70. The van der Waals surface area contributed by atoms with Crippen molar-refractivity contribution in [3.63, 3.8) is 0 Å². The summed E-state index contributed by atoms with van der Waals surface area (Å²) in [5.41, 5.74) is 10.4. The summed E-state index contributed by atoms with van der Waals surface area (Å²) in [6.45, 7) is 8.96. The van der Waals surface area contributed by atoms with Crippen molar-refractivity contribution in [2.45, 2.75) is 40.2 Å². The molecule has 0 heterocycles. The number of nitrogens with zero attached hydrogens (tertiary/aromatic N) is 1. The van der Waals surface area contributed by atoms with Crippen LogP contribution in [-0.4, -0.2) is 5.01 Å². The van der Waals surface area contributed by atoms with E-state index in [1.807, 2.05) is 62.4 Å². The van der Waals surface area contributed by atoms with Gasteiger partial charge in [0.15, 0.2) is 0 Å². The van der Waals surface area contributed by atoms with Crippen molar-refractivity contribution in [2.24, 2.45) is 11.6 Å². The van der Waals surface area contributed by atoms with E-state index in [-0.39, 0.29) is 0 Å². The molecule has 0 aliphatic carbocycles. The van der Waals surface area contributed by atoms with E-state index in [1.54, 1.807) is 11.2 Å². The molecule has 3 nitrogen and oxygen atoms in total. The quantitative estimate of drug-likeness (QED) is 0.633. The largest absolute Gasteiger partial charge is 0.397 e. The summed E-state index contributed by atoms with van der Waals surface area (Å²) in [7, 11) is 0. The molecule has 3 heteroatoms. The van der Waals surface area contributed by atoms with Crippen molar-refractivity contribution in [1.29, 1.82) is 0 Å². The normalized spacial score (nSPS) is 11.0. The van der Waals surface area contributed by atoms with E-state index >= 15 is 0 Å². The fourth-order valence-corrected chi connectivity index (χ4v) is 2.35. The number of rotatable bonds is 5. The molecule has 0 bridgehead atoms. The fourth-order valence-electron chi connectivity index (χ4n) is 2.35. The van der Waals surface area contributed by atoms with Gasteiger partial charge in [-0.1, -0.05) is 82.3 Å². The number of hydrazine groups is 1. The van der Waals surface area contributed by atoms with E-state index in [4.69, 9.17) is 11.6 Å². The highest BCUT2D eigenvalue weighted by Gasteiger charge is 2.08. The molecule has 0 aromatic heterocycles. The molecular formula is C20H29N3. The maximum Gasteiger partial charge on any atom is 0.0586 e. The lowest BCUT2D eigenvalue weighted by Crippen LogP contribution is -2.25. The Morgan fingerprint density at radius 1 is 1.00 bits per heavy atom. The Labute approximate surface area is 140 Å². The average Bonchev–Trinajstić information content (AvgIpc) is 2.57. The smallest absolute Gasteiger partial charge is 0.0586 e. The zero-order valence-electron chi connectivity index (χ0n) is 14.7. The molecular weight excluding hydrogens is 282 g/mol. The summed E-state index contributed by atoms with van der Waals surface area (Å²) in [6, 6.07) is 18.3. The number of nitrogens with two attached hydrogens (primary N) is 2. The summed E-state index contributed by atoms with van der Waals surface area (Å²) in [5, 5.41) is 1.63. The molecule has 0 amide bonds. The van der Waals surface area contributed by atoms with Gasteiger partial charge >= 0.3 is 0 Å². The molecule has 2 rings (SSSR count). The maximum atomic E-state index is 6.23. The first-order valence-corrected chi connectivity index (χ1v) is 8.19. The highest BCUT2D eigenvalue weighted by atomic mass is 15.4. The van der Waals surface area contributed by atoms with Crippen LogP contribution in [0.25, 0.3) is 5.70 Å². The van der Waals surface area contributed by atoms with Crippen LogP contribution in [-0.2, 0) is 6.54 Å². The third-order valence-corrected chi connectivity index (χ3v) is 3.41. The minimum Gasteiger partial charge on any atom is -0.397 e. The van der Waals surface area contributed by atoms with Gasteiger partial charge in [0, 0.05) is 11.8 Å². The minimum atomic E-state index is 0.425. The summed E-state index contributed by atoms with van der Waals surface area (Å²) in [6.07, 6.45) is 1.80. The molecule has 4 N–H and O–H groups in total. The van der Waals surface area contributed by atoms with E-state index in [9.17, 15) is 0 Å². The van der Waals surface area contributed by atoms with Crippen LogP contribution in [0.1, 0.15) is 50.3 Å². The summed E-state index contributed by atoms with van der Waals surface area (Å²) < 4.78 is 0.